The van der Waals surface area contributed by atoms with Crippen LogP contribution in [0.2, 0.25) is 10.0 Å². The van der Waals surface area contributed by atoms with Crippen molar-refractivity contribution in [2.24, 2.45) is 0 Å². The van der Waals surface area contributed by atoms with Gasteiger partial charge in [0.15, 0.2) is 11.5 Å². The molecule has 0 N–H and O–H groups in total. The summed E-state index contributed by atoms with van der Waals surface area (Å²) in [6.45, 7) is 2.64. The summed E-state index contributed by atoms with van der Waals surface area (Å²) in [7, 11) is 1.52. The number of imide groups is 1. The molecule has 0 bridgehead atoms. The highest BCUT2D eigenvalue weighted by Crippen LogP contribution is 2.39. The van der Waals surface area contributed by atoms with Crippen LogP contribution < -0.4 is 14.2 Å². The summed E-state index contributed by atoms with van der Waals surface area (Å²) in [5.74, 6) is 1.05. The van der Waals surface area contributed by atoms with Crippen molar-refractivity contribution in [1.29, 1.82) is 0 Å². The lowest BCUT2D eigenvalue weighted by Crippen LogP contribution is -2.32. The highest BCUT2D eigenvalue weighted by Gasteiger charge is 2.35. The smallest absolute Gasteiger partial charge is 0.293 e. The molecule has 0 spiro atoms. The van der Waals surface area contributed by atoms with Crippen LogP contribution in [-0.4, -0.2) is 36.3 Å². The predicted octanol–water partition coefficient (Wildman–Crippen LogP) is 7.00. The maximum absolute atomic E-state index is 12.9. The van der Waals surface area contributed by atoms with E-state index in [0.29, 0.717) is 39.5 Å². The molecule has 9 heteroatoms. The van der Waals surface area contributed by atoms with Crippen LogP contribution in [0, 0.1) is 6.92 Å². The summed E-state index contributed by atoms with van der Waals surface area (Å²) >= 11 is 13.2. The fourth-order valence-corrected chi connectivity index (χ4v) is 4.70. The molecule has 1 aliphatic heterocycles. The summed E-state index contributed by atoms with van der Waals surface area (Å²) in [5, 5.41) is 0.575. The molecule has 0 aliphatic carbocycles. The summed E-state index contributed by atoms with van der Waals surface area (Å²) in [6, 6.07) is 18.2. The molecule has 1 aliphatic rings. The number of hydrogen-bond acceptors (Lipinski definition) is 6. The normalized spacial score (nSPS) is 14.4. The molecule has 186 valence electrons. The maximum Gasteiger partial charge on any atom is 0.293 e. The van der Waals surface area contributed by atoms with Crippen molar-refractivity contribution in [3.63, 3.8) is 0 Å². The van der Waals surface area contributed by atoms with E-state index in [4.69, 9.17) is 37.4 Å². The van der Waals surface area contributed by atoms with Crippen LogP contribution >= 0.6 is 35.0 Å². The molecule has 36 heavy (non-hydrogen) atoms. The minimum Gasteiger partial charge on any atom is -0.493 e. The van der Waals surface area contributed by atoms with Crippen molar-refractivity contribution >= 4 is 52.2 Å². The number of benzene rings is 3. The Morgan fingerprint density at radius 1 is 0.972 bits per heavy atom. The van der Waals surface area contributed by atoms with Crippen molar-refractivity contribution in [1.82, 2.24) is 4.90 Å². The highest BCUT2D eigenvalue weighted by molar-refractivity contribution is 8.18. The Balaban J connectivity index is 1.43. The monoisotopic (exact) mass is 543 g/mol. The maximum atomic E-state index is 12.9. The Kier molecular flexibility index (Phi) is 8.46. The molecular weight excluding hydrogens is 521 g/mol. The third kappa shape index (κ3) is 6.35. The van der Waals surface area contributed by atoms with E-state index in [1.165, 1.54) is 7.11 Å². The lowest BCUT2D eigenvalue weighted by atomic mass is 10.1. The molecule has 6 nitrogen and oxygen atoms in total. The van der Waals surface area contributed by atoms with Gasteiger partial charge in [0.25, 0.3) is 11.1 Å². The number of nitrogens with zero attached hydrogens (tertiary/aromatic N) is 1. The second kappa shape index (κ2) is 11.7. The number of carbonyl (C=O) groups is 2. The second-order valence-electron chi connectivity index (χ2n) is 7.94. The van der Waals surface area contributed by atoms with Crippen molar-refractivity contribution in [2.45, 2.75) is 13.5 Å². The van der Waals surface area contributed by atoms with E-state index in [1.807, 2.05) is 31.2 Å². The number of halogens is 2. The van der Waals surface area contributed by atoms with Gasteiger partial charge in [-0.25, -0.2) is 0 Å². The summed E-state index contributed by atoms with van der Waals surface area (Å²) < 4.78 is 17.0. The molecule has 3 aromatic rings. The number of thioether (sulfide) groups is 1. The lowest BCUT2D eigenvalue weighted by molar-refractivity contribution is -0.123. The molecule has 0 aromatic heterocycles. The topological polar surface area (TPSA) is 65.1 Å². The van der Waals surface area contributed by atoms with Crippen LogP contribution in [-0.2, 0) is 11.4 Å². The average Bonchev–Trinajstić information content (AvgIpc) is 3.12. The molecule has 0 atom stereocenters. The molecule has 0 radical (unpaired) electrons. The highest BCUT2D eigenvalue weighted by atomic mass is 35.5. The first-order valence-corrected chi connectivity index (χ1v) is 12.6. The number of amides is 2. The van der Waals surface area contributed by atoms with E-state index in [2.05, 4.69) is 0 Å². The zero-order valence-electron chi connectivity index (χ0n) is 19.6. The first kappa shape index (κ1) is 25.9. The zero-order valence-corrected chi connectivity index (χ0v) is 22.0. The van der Waals surface area contributed by atoms with Gasteiger partial charge in [0.2, 0.25) is 0 Å². The van der Waals surface area contributed by atoms with Crippen molar-refractivity contribution < 1.29 is 23.8 Å². The number of hydrogen-bond donors (Lipinski definition) is 0. The molecule has 0 unspecified atom stereocenters. The fraction of sp³-hybridized carbons (Fsp3) is 0.185. The Hall–Kier alpha value is -3.13. The van der Waals surface area contributed by atoms with Crippen molar-refractivity contribution in [3.8, 4) is 17.2 Å². The minimum atomic E-state index is -0.389. The van der Waals surface area contributed by atoms with Crippen molar-refractivity contribution in [2.75, 3.05) is 20.3 Å². The van der Waals surface area contributed by atoms with E-state index in [-0.39, 0.29) is 29.2 Å². The first-order valence-electron chi connectivity index (χ1n) is 11.0. The summed E-state index contributed by atoms with van der Waals surface area (Å²) in [5.41, 5.74) is 2.77. The molecule has 1 saturated heterocycles. The Morgan fingerprint density at radius 2 is 1.69 bits per heavy atom. The van der Waals surface area contributed by atoms with E-state index in [9.17, 15) is 9.59 Å². The number of rotatable bonds is 9. The largest absolute Gasteiger partial charge is 0.493 e. The fourth-order valence-electron chi connectivity index (χ4n) is 3.43. The van der Waals surface area contributed by atoms with Gasteiger partial charge in [0.1, 0.15) is 19.0 Å². The van der Waals surface area contributed by atoms with Gasteiger partial charge in [-0.3, -0.25) is 14.5 Å². The van der Waals surface area contributed by atoms with E-state index >= 15 is 0 Å². The Bertz CT molecular complexity index is 1290. The Morgan fingerprint density at radius 3 is 2.39 bits per heavy atom. The van der Waals surface area contributed by atoms with Crippen LogP contribution in [0.25, 0.3) is 6.08 Å². The molecular formula is C27H23Cl2NO5S. The number of carbonyl (C=O) groups excluding carboxylic acids is 2. The average molecular weight is 544 g/mol. The van der Waals surface area contributed by atoms with Gasteiger partial charge in [-0.2, -0.15) is 0 Å². The van der Waals surface area contributed by atoms with Gasteiger partial charge in [-0.1, -0.05) is 53.0 Å². The van der Waals surface area contributed by atoms with E-state index in [0.717, 1.165) is 27.8 Å². The molecule has 0 saturated carbocycles. The number of aryl methyl sites for hydroxylation is 1. The van der Waals surface area contributed by atoms with Gasteiger partial charge in [0, 0.05) is 5.02 Å². The molecule has 4 rings (SSSR count). The molecule has 3 aromatic carbocycles. The van der Waals surface area contributed by atoms with Gasteiger partial charge in [-0.15, -0.1) is 0 Å². The number of methoxy groups -OCH3 is 1. The van der Waals surface area contributed by atoms with Crippen LogP contribution in [0.1, 0.15) is 16.7 Å². The summed E-state index contributed by atoms with van der Waals surface area (Å²) in [6.07, 6.45) is 1.61. The van der Waals surface area contributed by atoms with Crippen LogP contribution in [0.4, 0.5) is 4.79 Å². The minimum absolute atomic E-state index is 0.125. The Labute approximate surface area is 223 Å². The number of ether oxygens (including phenoxy) is 3. The van der Waals surface area contributed by atoms with Gasteiger partial charge >= 0.3 is 0 Å². The van der Waals surface area contributed by atoms with Gasteiger partial charge in [0.05, 0.1) is 23.6 Å². The SMILES string of the molecule is COc1cc(/C=C2\SC(=O)N(CCOc3ccc(Cl)cc3)C2=O)cc(Cl)c1OCc1ccc(C)cc1. The van der Waals surface area contributed by atoms with Crippen LogP contribution in [0.3, 0.4) is 0 Å². The van der Waals surface area contributed by atoms with Crippen LogP contribution in [0.15, 0.2) is 65.6 Å². The quantitative estimate of drug-likeness (QED) is 0.270. The third-order valence-corrected chi connectivity index (χ3v) is 6.76. The van der Waals surface area contributed by atoms with Crippen molar-refractivity contribution in [3.05, 3.63) is 92.3 Å². The van der Waals surface area contributed by atoms with E-state index in [1.54, 1.807) is 42.5 Å². The molecule has 2 amide bonds. The predicted molar refractivity (Wildman–Crippen MR) is 143 cm³/mol. The lowest BCUT2D eigenvalue weighted by Gasteiger charge is -2.14. The third-order valence-electron chi connectivity index (χ3n) is 5.32. The first-order chi connectivity index (χ1) is 17.3. The van der Waals surface area contributed by atoms with Gasteiger partial charge < -0.3 is 14.2 Å². The molecule has 1 fully saturated rings. The standard InChI is InChI=1S/C27H23Cl2NO5S/c1-17-3-5-18(6-4-17)16-35-25-22(29)13-19(14-23(25)33-2)15-24-26(31)30(27(32)36-24)11-12-34-21-9-7-20(28)8-10-21/h3-10,13-15H,11-12,16H2,1-2H3/b24-15-. The van der Waals surface area contributed by atoms with E-state index < -0.39 is 0 Å². The summed E-state index contributed by atoms with van der Waals surface area (Å²) in [4.78, 5) is 26.7. The van der Waals surface area contributed by atoms with Crippen LogP contribution in [0.5, 0.6) is 17.2 Å². The molecule has 1 heterocycles. The van der Waals surface area contributed by atoms with Gasteiger partial charge in [-0.05, 0) is 72.3 Å². The zero-order chi connectivity index (χ0) is 25.7. The second-order valence-corrected chi connectivity index (χ2v) is 9.78.